The molecule has 0 unspecified atom stereocenters. The maximum atomic E-state index is 13.0. The number of benzene rings is 2. The van der Waals surface area contributed by atoms with Gasteiger partial charge in [0.15, 0.2) is 0 Å². The number of rotatable bonds is 5. The lowest BCUT2D eigenvalue weighted by atomic mass is 9.75. The summed E-state index contributed by atoms with van der Waals surface area (Å²) in [6, 6.07) is 14.1. The molecule has 1 amide bonds. The van der Waals surface area contributed by atoms with Crippen LogP contribution in [-0.4, -0.2) is 17.2 Å². The molecule has 1 heterocycles. The van der Waals surface area contributed by atoms with Crippen LogP contribution in [0.15, 0.2) is 48.5 Å². The molecule has 3 rings (SSSR count). The molecule has 1 fully saturated rings. The number of carbonyl (C=O) groups is 2. The molecule has 4 heteroatoms. The van der Waals surface area contributed by atoms with Crippen molar-refractivity contribution in [3.63, 3.8) is 0 Å². The lowest BCUT2D eigenvalue weighted by Gasteiger charge is -2.29. The lowest BCUT2D eigenvalue weighted by Crippen LogP contribution is -2.38. The lowest BCUT2D eigenvalue weighted by molar-refractivity contribution is -0.127. The summed E-state index contributed by atoms with van der Waals surface area (Å²) in [5.74, 6) is -0.856. The second kappa shape index (κ2) is 7.02. The summed E-state index contributed by atoms with van der Waals surface area (Å²) < 4.78 is 13.0. The van der Waals surface area contributed by atoms with Crippen molar-refractivity contribution < 1.29 is 14.0 Å². The number of hydrogen-bond donors (Lipinski definition) is 1. The fraction of sp³-hybridized carbons (Fsp3) is 0.364. The van der Waals surface area contributed by atoms with Gasteiger partial charge in [-0.25, -0.2) is 4.39 Å². The van der Waals surface area contributed by atoms with E-state index in [0.29, 0.717) is 0 Å². The third-order valence-corrected chi connectivity index (χ3v) is 5.16. The number of ketones is 1. The van der Waals surface area contributed by atoms with Gasteiger partial charge in [0.05, 0.1) is 5.92 Å². The van der Waals surface area contributed by atoms with Gasteiger partial charge >= 0.3 is 0 Å². The second-order valence-corrected chi connectivity index (χ2v) is 7.75. The zero-order chi connectivity index (χ0) is 18.9. The highest BCUT2D eigenvalue weighted by molar-refractivity contribution is 5.90. The molecule has 2 aromatic rings. The first-order chi connectivity index (χ1) is 12.3. The van der Waals surface area contributed by atoms with Gasteiger partial charge in [-0.3, -0.25) is 9.59 Å². The number of halogens is 1. The number of amides is 1. The van der Waals surface area contributed by atoms with Gasteiger partial charge in [-0.2, -0.15) is 0 Å². The van der Waals surface area contributed by atoms with E-state index in [4.69, 9.17) is 0 Å². The van der Waals surface area contributed by atoms with Crippen molar-refractivity contribution in [3.05, 3.63) is 71.0 Å². The molecule has 0 aliphatic carbocycles. The Kier molecular flexibility index (Phi) is 4.94. The van der Waals surface area contributed by atoms with E-state index in [2.05, 4.69) is 5.32 Å². The average Bonchev–Trinajstić information content (AvgIpc) is 2.79. The molecule has 0 bridgehead atoms. The standard InChI is InChI=1S/C22H24FNO2/c1-14-4-8-16(9-5-14)20-19(21(26)24-22(20,2)3)13-18(25)12-15-6-10-17(23)11-7-15/h4-11,19-20H,12-13H2,1-3H3,(H,24,26)/t19-,20-/m0/s1. The van der Waals surface area contributed by atoms with Crippen LogP contribution in [-0.2, 0) is 16.0 Å². The first kappa shape index (κ1) is 18.3. The van der Waals surface area contributed by atoms with Crippen molar-refractivity contribution in [3.8, 4) is 0 Å². The SMILES string of the molecule is Cc1ccc([C@H]2[C@H](CC(=O)Cc3ccc(F)cc3)C(=O)NC2(C)C)cc1. The highest BCUT2D eigenvalue weighted by Crippen LogP contribution is 2.42. The number of carbonyl (C=O) groups excluding carboxylic acids is 2. The van der Waals surface area contributed by atoms with Crippen LogP contribution in [0, 0.1) is 18.7 Å². The van der Waals surface area contributed by atoms with Gasteiger partial charge in [-0.05, 0) is 44.0 Å². The Labute approximate surface area is 153 Å². The van der Waals surface area contributed by atoms with Crippen LogP contribution in [0.2, 0.25) is 0 Å². The van der Waals surface area contributed by atoms with Crippen molar-refractivity contribution in [2.45, 2.75) is 45.1 Å². The van der Waals surface area contributed by atoms with E-state index in [1.54, 1.807) is 12.1 Å². The zero-order valence-electron chi connectivity index (χ0n) is 15.4. The third kappa shape index (κ3) is 3.85. The fourth-order valence-corrected chi connectivity index (χ4v) is 3.92. The monoisotopic (exact) mass is 353 g/mol. The Morgan fingerprint density at radius 2 is 1.69 bits per heavy atom. The summed E-state index contributed by atoms with van der Waals surface area (Å²) in [5, 5.41) is 3.04. The van der Waals surface area contributed by atoms with Crippen molar-refractivity contribution in [2.75, 3.05) is 0 Å². The average molecular weight is 353 g/mol. The summed E-state index contributed by atoms with van der Waals surface area (Å²) in [4.78, 5) is 25.1. The quantitative estimate of drug-likeness (QED) is 0.885. The van der Waals surface area contributed by atoms with Crippen LogP contribution in [0.3, 0.4) is 0 Å². The van der Waals surface area contributed by atoms with E-state index in [1.807, 2.05) is 45.0 Å². The van der Waals surface area contributed by atoms with Crippen molar-refractivity contribution in [1.29, 1.82) is 0 Å². The van der Waals surface area contributed by atoms with E-state index >= 15 is 0 Å². The molecular weight excluding hydrogens is 329 g/mol. The molecule has 1 saturated heterocycles. The summed E-state index contributed by atoms with van der Waals surface area (Å²) in [6.07, 6.45) is 0.399. The van der Waals surface area contributed by atoms with E-state index in [-0.39, 0.29) is 42.2 Å². The van der Waals surface area contributed by atoms with Gasteiger partial charge in [-0.15, -0.1) is 0 Å². The molecule has 2 atom stereocenters. The molecule has 1 N–H and O–H groups in total. The Morgan fingerprint density at radius 3 is 2.31 bits per heavy atom. The summed E-state index contributed by atoms with van der Waals surface area (Å²) in [5.41, 5.74) is 2.58. The van der Waals surface area contributed by atoms with E-state index in [1.165, 1.54) is 12.1 Å². The Balaban J connectivity index is 1.79. The Hall–Kier alpha value is -2.49. The molecule has 0 saturated carbocycles. The minimum absolute atomic E-state index is 0.00781. The molecule has 0 spiro atoms. The topological polar surface area (TPSA) is 46.2 Å². The van der Waals surface area contributed by atoms with Gasteiger partial charge < -0.3 is 5.32 Å². The Bertz CT molecular complexity index is 809. The van der Waals surface area contributed by atoms with Crippen LogP contribution in [0.5, 0.6) is 0 Å². The minimum atomic E-state index is -0.410. The van der Waals surface area contributed by atoms with Crippen molar-refractivity contribution in [2.24, 2.45) is 5.92 Å². The zero-order valence-corrected chi connectivity index (χ0v) is 15.4. The largest absolute Gasteiger partial charge is 0.350 e. The number of aryl methyl sites for hydroxylation is 1. The van der Waals surface area contributed by atoms with Gasteiger partial charge in [0.25, 0.3) is 0 Å². The number of nitrogens with one attached hydrogen (secondary N) is 1. The molecule has 136 valence electrons. The van der Waals surface area contributed by atoms with E-state index < -0.39 is 5.54 Å². The highest BCUT2D eigenvalue weighted by Gasteiger charge is 2.48. The van der Waals surface area contributed by atoms with E-state index in [0.717, 1.165) is 16.7 Å². The second-order valence-electron chi connectivity index (χ2n) is 7.75. The smallest absolute Gasteiger partial charge is 0.224 e. The fourth-order valence-electron chi connectivity index (χ4n) is 3.92. The molecule has 1 aliphatic rings. The minimum Gasteiger partial charge on any atom is -0.350 e. The maximum Gasteiger partial charge on any atom is 0.224 e. The maximum absolute atomic E-state index is 13.0. The van der Waals surface area contributed by atoms with Crippen LogP contribution in [0.4, 0.5) is 4.39 Å². The summed E-state index contributed by atoms with van der Waals surface area (Å²) in [6.45, 7) is 6.02. The molecule has 1 aliphatic heterocycles. The van der Waals surface area contributed by atoms with E-state index in [9.17, 15) is 14.0 Å². The molecular formula is C22H24FNO2. The third-order valence-electron chi connectivity index (χ3n) is 5.16. The van der Waals surface area contributed by atoms with Gasteiger partial charge in [0.1, 0.15) is 11.6 Å². The van der Waals surface area contributed by atoms with Gasteiger partial charge in [0, 0.05) is 24.3 Å². The van der Waals surface area contributed by atoms with Crippen molar-refractivity contribution >= 4 is 11.7 Å². The van der Waals surface area contributed by atoms with Gasteiger partial charge in [-0.1, -0.05) is 42.0 Å². The molecule has 0 aromatic heterocycles. The first-order valence-corrected chi connectivity index (χ1v) is 8.91. The predicted molar refractivity (Wildman–Crippen MR) is 99.4 cm³/mol. The molecule has 2 aromatic carbocycles. The Morgan fingerprint density at radius 1 is 1.08 bits per heavy atom. The first-order valence-electron chi connectivity index (χ1n) is 8.91. The van der Waals surface area contributed by atoms with Crippen LogP contribution in [0.25, 0.3) is 0 Å². The predicted octanol–water partition coefficient (Wildman–Crippen LogP) is 3.94. The van der Waals surface area contributed by atoms with Gasteiger partial charge in [0.2, 0.25) is 5.91 Å². The number of hydrogen-bond acceptors (Lipinski definition) is 2. The highest BCUT2D eigenvalue weighted by atomic mass is 19.1. The summed E-state index contributed by atoms with van der Waals surface area (Å²) in [7, 11) is 0. The van der Waals surface area contributed by atoms with Crippen molar-refractivity contribution in [1.82, 2.24) is 5.32 Å². The summed E-state index contributed by atoms with van der Waals surface area (Å²) >= 11 is 0. The molecule has 26 heavy (non-hydrogen) atoms. The molecule has 3 nitrogen and oxygen atoms in total. The van der Waals surface area contributed by atoms with Crippen LogP contribution >= 0.6 is 0 Å². The van der Waals surface area contributed by atoms with Crippen LogP contribution < -0.4 is 5.32 Å². The number of Topliss-reactive ketones (excluding diaryl/α,β-unsaturated/α-hetero) is 1. The normalized spacial score (nSPS) is 21.5. The molecule has 0 radical (unpaired) electrons. The van der Waals surface area contributed by atoms with Crippen LogP contribution in [0.1, 0.15) is 42.9 Å².